The van der Waals surface area contributed by atoms with E-state index in [1.807, 2.05) is 4.90 Å². The number of hydrogen-bond acceptors (Lipinski definition) is 5. The van der Waals surface area contributed by atoms with Crippen molar-refractivity contribution in [1.82, 2.24) is 20.0 Å². The summed E-state index contributed by atoms with van der Waals surface area (Å²) >= 11 is 1.75. The molecule has 0 aromatic carbocycles. The number of rotatable bonds is 5. The second kappa shape index (κ2) is 8.29. The van der Waals surface area contributed by atoms with Crippen LogP contribution in [0.1, 0.15) is 37.0 Å². The Bertz CT molecular complexity index is 659. The Morgan fingerprint density at radius 2 is 2.11 bits per heavy atom. The predicted molar refractivity (Wildman–Crippen MR) is 107 cm³/mol. The number of carbonyl (C=O) groups is 2. The minimum Gasteiger partial charge on any atom is -0.353 e. The second-order valence-electron chi connectivity index (χ2n) is 8.04. The zero-order valence-corrected chi connectivity index (χ0v) is 16.9. The molecular formula is C20H30N4O2S. The topological polar surface area (TPSA) is 55.9 Å². The smallest absolute Gasteiger partial charge is 0.239 e. The fraction of sp³-hybridized carbons (Fsp3) is 0.700. The van der Waals surface area contributed by atoms with Gasteiger partial charge in [-0.15, -0.1) is 11.3 Å². The molecule has 0 bridgehead atoms. The highest BCUT2D eigenvalue weighted by atomic mass is 32.1. The highest BCUT2D eigenvalue weighted by molar-refractivity contribution is 7.09. The van der Waals surface area contributed by atoms with E-state index < -0.39 is 0 Å². The van der Waals surface area contributed by atoms with Gasteiger partial charge in [0.05, 0.1) is 0 Å². The van der Waals surface area contributed by atoms with Crippen LogP contribution in [-0.2, 0) is 16.1 Å². The molecule has 6 nitrogen and oxygen atoms in total. The van der Waals surface area contributed by atoms with Gasteiger partial charge in [-0.2, -0.15) is 0 Å². The maximum absolute atomic E-state index is 12.8. The van der Waals surface area contributed by atoms with E-state index in [1.165, 1.54) is 4.88 Å². The van der Waals surface area contributed by atoms with E-state index in [0.717, 1.165) is 51.9 Å². The first-order valence-electron chi connectivity index (χ1n) is 10.2. The van der Waals surface area contributed by atoms with Gasteiger partial charge in [0.25, 0.3) is 0 Å². The summed E-state index contributed by atoms with van der Waals surface area (Å²) in [5, 5.41) is 5.25. The van der Waals surface area contributed by atoms with Gasteiger partial charge in [-0.25, -0.2) is 0 Å². The molecule has 148 valence electrons. The fourth-order valence-corrected chi connectivity index (χ4v) is 5.57. The van der Waals surface area contributed by atoms with E-state index in [1.54, 1.807) is 11.3 Å². The molecule has 7 heteroatoms. The summed E-state index contributed by atoms with van der Waals surface area (Å²) in [6, 6.07) is 4.59. The summed E-state index contributed by atoms with van der Waals surface area (Å²) in [5.74, 6) is 0.424. The standard InChI is InChI=1S/C20H30N4O2S/c1-22-15(6-7-18(25)23-9-2-3-10-23)13-21-20(26)19-17(22)8-11-24(19)14-16-5-4-12-27-16/h4-5,12,15,17,19H,2-3,6-11,13-14H2,1H3,(H,21,26)/t15-,17-,19-/m0/s1. The monoisotopic (exact) mass is 390 g/mol. The molecular weight excluding hydrogens is 360 g/mol. The molecule has 3 fully saturated rings. The highest BCUT2D eigenvalue weighted by Crippen LogP contribution is 2.29. The van der Waals surface area contributed by atoms with Crippen molar-refractivity contribution >= 4 is 23.2 Å². The number of likely N-dealkylation sites (tertiary alicyclic amines) is 2. The summed E-state index contributed by atoms with van der Waals surface area (Å²) in [5.41, 5.74) is 0. The molecule has 1 aromatic heterocycles. The molecule has 2 amide bonds. The predicted octanol–water partition coefficient (Wildman–Crippen LogP) is 1.52. The Kier molecular flexibility index (Phi) is 5.80. The zero-order valence-electron chi connectivity index (χ0n) is 16.1. The Balaban J connectivity index is 1.38. The molecule has 0 saturated carbocycles. The number of carbonyl (C=O) groups excluding carboxylic acids is 2. The third-order valence-electron chi connectivity index (χ3n) is 6.44. The zero-order chi connectivity index (χ0) is 18.8. The van der Waals surface area contributed by atoms with Crippen LogP contribution in [0.25, 0.3) is 0 Å². The van der Waals surface area contributed by atoms with E-state index in [0.29, 0.717) is 13.0 Å². The summed E-state index contributed by atoms with van der Waals surface area (Å²) in [7, 11) is 2.14. The first kappa shape index (κ1) is 18.9. The van der Waals surface area contributed by atoms with Gasteiger partial charge in [0, 0.05) is 56.1 Å². The van der Waals surface area contributed by atoms with E-state index in [2.05, 4.69) is 39.7 Å². The van der Waals surface area contributed by atoms with Crippen molar-refractivity contribution in [3.63, 3.8) is 0 Å². The van der Waals surface area contributed by atoms with Crippen LogP contribution in [0.3, 0.4) is 0 Å². The maximum atomic E-state index is 12.8. The SMILES string of the molecule is CN1[C@@H](CCC(=O)N2CCCC2)CNC(=O)[C@@H]2[C@@H]1CCN2Cc1cccs1. The van der Waals surface area contributed by atoms with Gasteiger partial charge in [-0.1, -0.05) is 6.07 Å². The van der Waals surface area contributed by atoms with Gasteiger partial charge >= 0.3 is 0 Å². The van der Waals surface area contributed by atoms with Gasteiger partial charge in [0.2, 0.25) is 11.8 Å². The molecule has 3 atom stereocenters. The van der Waals surface area contributed by atoms with Gasteiger partial charge in [-0.3, -0.25) is 19.4 Å². The van der Waals surface area contributed by atoms with Gasteiger partial charge in [-0.05, 0) is 44.2 Å². The number of hydrogen-bond donors (Lipinski definition) is 1. The van der Waals surface area contributed by atoms with Crippen molar-refractivity contribution in [2.45, 2.75) is 56.8 Å². The first-order valence-corrected chi connectivity index (χ1v) is 11.1. The number of likely N-dealkylation sites (N-methyl/N-ethyl adjacent to an activating group) is 1. The van der Waals surface area contributed by atoms with Gasteiger partial charge in [0.1, 0.15) is 6.04 Å². The van der Waals surface area contributed by atoms with Crippen LogP contribution in [0.2, 0.25) is 0 Å². The molecule has 1 N–H and O–H groups in total. The van der Waals surface area contributed by atoms with Gasteiger partial charge < -0.3 is 10.2 Å². The van der Waals surface area contributed by atoms with Crippen molar-refractivity contribution in [1.29, 1.82) is 0 Å². The van der Waals surface area contributed by atoms with E-state index in [-0.39, 0.29) is 29.9 Å². The lowest BCUT2D eigenvalue weighted by Crippen LogP contribution is -2.49. The molecule has 3 aliphatic heterocycles. The minimum atomic E-state index is -0.0867. The first-order chi connectivity index (χ1) is 13.1. The van der Waals surface area contributed by atoms with Crippen LogP contribution in [0, 0.1) is 0 Å². The van der Waals surface area contributed by atoms with Crippen molar-refractivity contribution in [2.75, 3.05) is 33.2 Å². The normalized spacial score (nSPS) is 29.6. The molecule has 3 saturated heterocycles. The molecule has 1 aromatic rings. The Morgan fingerprint density at radius 1 is 1.30 bits per heavy atom. The third-order valence-corrected chi connectivity index (χ3v) is 7.30. The van der Waals surface area contributed by atoms with Crippen molar-refractivity contribution in [2.24, 2.45) is 0 Å². The molecule has 0 unspecified atom stereocenters. The number of thiophene rings is 1. The maximum Gasteiger partial charge on any atom is 0.239 e. The van der Waals surface area contributed by atoms with Crippen LogP contribution in [0.5, 0.6) is 0 Å². The summed E-state index contributed by atoms with van der Waals surface area (Å²) in [4.78, 5) is 33.2. The van der Waals surface area contributed by atoms with Gasteiger partial charge in [0.15, 0.2) is 0 Å². The average molecular weight is 391 g/mol. The number of nitrogens with zero attached hydrogens (tertiary/aromatic N) is 3. The van der Waals surface area contributed by atoms with Crippen molar-refractivity contribution in [3.05, 3.63) is 22.4 Å². The van der Waals surface area contributed by atoms with E-state index in [9.17, 15) is 9.59 Å². The summed E-state index contributed by atoms with van der Waals surface area (Å²) in [6.07, 6.45) is 4.68. The molecule has 0 radical (unpaired) electrons. The number of fused-ring (bicyclic) bond motifs is 1. The average Bonchev–Trinajstić information content (AvgIpc) is 3.41. The van der Waals surface area contributed by atoms with Crippen molar-refractivity contribution < 1.29 is 9.59 Å². The quantitative estimate of drug-likeness (QED) is 0.828. The van der Waals surface area contributed by atoms with Crippen molar-refractivity contribution in [3.8, 4) is 0 Å². The molecule has 3 aliphatic rings. The lowest BCUT2D eigenvalue weighted by molar-refractivity contribution is -0.130. The van der Waals surface area contributed by atoms with Crippen LogP contribution in [0.15, 0.2) is 17.5 Å². The van der Waals surface area contributed by atoms with E-state index in [4.69, 9.17) is 0 Å². The summed E-state index contributed by atoms with van der Waals surface area (Å²) < 4.78 is 0. The summed E-state index contributed by atoms with van der Waals surface area (Å²) in [6.45, 7) is 4.27. The highest BCUT2D eigenvalue weighted by Gasteiger charge is 2.45. The largest absolute Gasteiger partial charge is 0.353 e. The Hall–Kier alpha value is -1.44. The van der Waals surface area contributed by atoms with E-state index >= 15 is 0 Å². The molecule has 27 heavy (non-hydrogen) atoms. The molecule has 4 rings (SSSR count). The van der Waals surface area contributed by atoms with Crippen LogP contribution in [0.4, 0.5) is 0 Å². The van der Waals surface area contributed by atoms with Crippen LogP contribution < -0.4 is 5.32 Å². The molecule has 4 heterocycles. The van der Waals surface area contributed by atoms with Crippen LogP contribution in [-0.4, -0.2) is 77.9 Å². The third kappa shape index (κ3) is 4.05. The number of amides is 2. The number of nitrogens with one attached hydrogen (secondary N) is 1. The Morgan fingerprint density at radius 3 is 2.85 bits per heavy atom. The van der Waals surface area contributed by atoms with Crippen LogP contribution >= 0.6 is 11.3 Å². The second-order valence-corrected chi connectivity index (χ2v) is 9.07. The molecule has 0 spiro atoms. The molecule has 0 aliphatic carbocycles. The Labute approximate surface area is 165 Å². The fourth-order valence-electron chi connectivity index (χ4n) is 4.84. The minimum absolute atomic E-state index is 0.0867. The lowest BCUT2D eigenvalue weighted by Gasteiger charge is -2.33. The lowest BCUT2D eigenvalue weighted by atomic mass is 10.0.